The zero-order valence-corrected chi connectivity index (χ0v) is 15.1. The van der Waals surface area contributed by atoms with Crippen LogP contribution in [0.1, 0.15) is 33.6 Å². The largest absolute Gasteiger partial charge is 0.480 e. The lowest BCUT2D eigenvalue weighted by Crippen LogP contribution is -2.55. The highest BCUT2D eigenvalue weighted by Gasteiger charge is 2.27. The SMILES string of the molecule is CC(NC(=O)CNC(=O)C(NC(=O)C(N)CCC(N)=O)C(C)C)C(=O)O. The third-order valence-corrected chi connectivity index (χ3v) is 3.46. The van der Waals surface area contributed by atoms with Crippen LogP contribution in [-0.4, -0.2) is 59.4 Å². The van der Waals surface area contributed by atoms with Crippen molar-refractivity contribution in [3.05, 3.63) is 0 Å². The Morgan fingerprint density at radius 1 is 1.00 bits per heavy atom. The molecule has 0 spiro atoms. The second-order valence-corrected chi connectivity index (χ2v) is 6.19. The third kappa shape index (κ3) is 8.97. The van der Waals surface area contributed by atoms with Gasteiger partial charge in [-0.05, 0) is 19.3 Å². The molecule has 0 aliphatic carbocycles. The van der Waals surface area contributed by atoms with Crippen molar-refractivity contribution in [2.75, 3.05) is 6.54 Å². The van der Waals surface area contributed by atoms with Crippen molar-refractivity contribution >= 4 is 29.6 Å². The lowest BCUT2D eigenvalue weighted by Gasteiger charge is -2.23. The van der Waals surface area contributed by atoms with Gasteiger partial charge in [0.25, 0.3) is 0 Å². The summed E-state index contributed by atoms with van der Waals surface area (Å²) in [6.07, 6.45) is -0.0157. The maximum absolute atomic E-state index is 12.2. The molecule has 0 bridgehead atoms. The molecule has 0 fully saturated rings. The van der Waals surface area contributed by atoms with E-state index in [0.29, 0.717) is 0 Å². The van der Waals surface area contributed by atoms with E-state index in [1.165, 1.54) is 6.92 Å². The van der Waals surface area contributed by atoms with Crippen molar-refractivity contribution in [3.8, 4) is 0 Å². The van der Waals surface area contributed by atoms with Crippen LogP contribution in [0.3, 0.4) is 0 Å². The van der Waals surface area contributed by atoms with E-state index in [4.69, 9.17) is 16.6 Å². The highest BCUT2D eigenvalue weighted by molar-refractivity contribution is 5.92. The third-order valence-electron chi connectivity index (χ3n) is 3.46. The minimum absolute atomic E-state index is 0.0447. The Bertz CT molecular complexity index is 551. The summed E-state index contributed by atoms with van der Waals surface area (Å²) in [4.78, 5) is 57.2. The first kappa shape index (κ1) is 23.3. The highest BCUT2D eigenvalue weighted by atomic mass is 16.4. The monoisotopic (exact) mass is 373 g/mol. The molecule has 11 heteroatoms. The van der Waals surface area contributed by atoms with Gasteiger partial charge >= 0.3 is 5.97 Å². The van der Waals surface area contributed by atoms with Gasteiger partial charge in [-0.3, -0.25) is 24.0 Å². The molecule has 0 rings (SSSR count). The van der Waals surface area contributed by atoms with Crippen LogP contribution in [0.2, 0.25) is 0 Å². The van der Waals surface area contributed by atoms with Crippen LogP contribution >= 0.6 is 0 Å². The molecule has 0 heterocycles. The Kier molecular flexibility index (Phi) is 9.89. The number of carbonyl (C=O) groups is 5. The van der Waals surface area contributed by atoms with Gasteiger partial charge in [-0.1, -0.05) is 13.8 Å². The van der Waals surface area contributed by atoms with Crippen LogP contribution in [0.25, 0.3) is 0 Å². The van der Waals surface area contributed by atoms with Crippen molar-refractivity contribution in [2.24, 2.45) is 17.4 Å². The van der Waals surface area contributed by atoms with Crippen LogP contribution in [0, 0.1) is 5.92 Å². The summed E-state index contributed by atoms with van der Waals surface area (Å²) >= 11 is 0. The molecule has 4 amide bonds. The summed E-state index contributed by atoms with van der Waals surface area (Å²) in [7, 11) is 0. The van der Waals surface area contributed by atoms with E-state index >= 15 is 0 Å². The first-order valence-electron chi connectivity index (χ1n) is 8.09. The summed E-state index contributed by atoms with van der Waals surface area (Å²) < 4.78 is 0. The molecule has 11 nitrogen and oxygen atoms in total. The predicted octanol–water partition coefficient (Wildman–Crippen LogP) is -2.57. The van der Waals surface area contributed by atoms with Crippen molar-refractivity contribution in [2.45, 2.75) is 51.7 Å². The van der Waals surface area contributed by atoms with E-state index in [1.54, 1.807) is 13.8 Å². The van der Waals surface area contributed by atoms with Crippen LogP contribution in [0.5, 0.6) is 0 Å². The number of hydrogen-bond donors (Lipinski definition) is 6. The quantitative estimate of drug-likeness (QED) is 0.229. The van der Waals surface area contributed by atoms with E-state index in [9.17, 15) is 24.0 Å². The topological polar surface area (TPSA) is 194 Å². The highest BCUT2D eigenvalue weighted by Crippen LogP contribution is 2.03. The van der Waals surface area contributed by atoms with E-state index in [0.717, 1.165) is 0 Å². The number of carbonyl (C=O) groups excluding carboxylic acids is 4. The Hall–Kier alpha value is -2.69. The molecule has 3 atom stereocenters. The summed E-state index contributed by atoms with van der Waals surface area (Å²) in [5, 5.41) is 15.7. The minimum Gasteiger partial charge on any atom is -0.480 e. The van der Waals surface area contributed by atoms with Gasteiger partial charge < -0.3 is 32.5 Å². The van der Waals surface area contributed by atoms with Gasteiger partial charge in [0.2, 0.25) is 23.6 Å². The lowest BCUT2D eigenvalue weighted by atomic mass is 10.0. The summed E-state index contributed by atoms with van der Waals surface area (Å²) in [6, 6.07) is -3.05. The van der Waals surface area contributed by atoms with Crippen molar-refractivity contribution in [1.82, 2.24) is 16.0 Å². The van der Waals surface area contributed by atoms with Crippen LogP contribution < -0.4 is 27.4 Å². The zero-order chi connectivity index (χ0) is 20.4. The number of carboxylic acid groups (broad SMARTS) is 1. The van der Waals surface area contributed by atoms with E-state index < -0.39 is 54.3 Å². The van der Waals surface area contributed by atoms with E-state index in [2.05, 4.69) is 16.0 Å². The summed E-state index contributed by atoms with van der Waals surface area (Å²) in [5.41, 5.74) is 10.6. The normalized spacial score (nSPS) is 14.0. The molecular formula is C15H27N5O6. The fourth-order valence-corrected chi connectivity index (χ4v) is 1.86. The van der Waals surface area contributed by atoms with Crippen LogP contribution in [0.4, 0.5) is 0 Å². The number of carboxylic acids is 1. The molecule has 0 aromatic heterocycles. The number of primary amides is 1. The fraction of sp³-hybridized carbons (Fsp3) is 0.667. The number of nitrogens with two attached hydrogens (primary N) is 2. The predicted molar refractivity (Wildman–Crippen MR) is 91.4 cm³/mol. The first-order valence-corrected chi connectivity index (χ1v) is 8.09. The van der Waals surface area contributed by atoms with Gasteiger partial charge in [0.15, 0.2) is 0 Å². The Morgan fingerprint density at radius 3 is 2.04 bits per heavy atom. The smallest absolute Gasteiger partial charge is 0.325 e. The molecule has 0 aliphatic rings. The Morgan fingerprint density at radius 2 is 1.58 bits per heavy atom. The molecule has 26 heavy (non-hydrogen) atoms. The van der Waals surface area contributed by atoms with Gasteiger partial charge in [0.1, 0.15) is 12.1 Å². The minimum atomic E-state index is -1.21. The number of hydrogen-bond acceptors (Lipinski definition) is 6. The number of aliphatic carboxylic acids is 1. The molecule has 0 aromatic rings. The van der Waals surface area contributed by atoms with Crippen molar-refractivity contribution in [3.63, 3.8) is 0 Å². The molecule has 0 aromatic carbocycles. The van der Waals surface area contributed by atoms with Gasteiger partial charge in [-0.2, -0.15) is 0 Å². The van der Waals surface area contributed by atoms with Crippen LogP contribution in [-0.2, 0) is 24.0 Å². The average molecular weight is 373 g/mol. The molecule has 8 N–H and O–H groups in total. The number of rotatable bonds is 11. The standard InChI is InChI=1S/C15H27N5O6/c1-7(2)12(20-13(23)9(16)4-5-10(17)21)14(24)18-6-11(22)19-8(3)15(25)26/h7-9,12H,4-6,16H2,1-3H3,(H2,17,21)(H,18,24)(H,19,22)(H,20,23)(H,25,26). The maximum atomic E-state index is 12.2. The number of nitrogens with one attached hydrogen (secondary N) is 3. The summed E-state index contributed by atoms with van der Waals surface area (Å²) in [5.74, 6) is -4.02. The second kappa shape index (κ2) is 11.0. The molecule has 0 saturated carbocycles. The fourth-order valence-electron chi connectivity index (χ4n) is 1.86. The zero-order valence-electron chi connectivity index (χ0n) is 15.1. The van der Waals surface area contributed by atoms with Crippen LogP contribution in [0.15, 0.2) is 0 Å². The molecule has 0 saturated heterocycles. The van der Waals surface area contributed by atoms with E-state index in [1.807, 2.05) is 0 Å². The average Bonchev–Trinajstić information content (AvgIpc) is 2.54. The second-order valence-electron chi connectivity index (χ2n) is 6.19. The van der Waals surface area contributed by atoms with Gasteiger partial charge in [-0.25, -0.2) is 0 Å². The maximum Gasteiger partial charge on any atom is 0.325 e. The van der Waals surface area contributed by atoms with Gasteiger partial charge in [-0.15, -0.1) is 0 Å². The number of amides is 4. The molecule has 0 radical (unpaired) electrons. The van der Waals surface area contributed by atoms with Gasteiger partial charge in [0.05, 0.1) is 12.6 Å². The molecule has 148 valence electrons. The molecule has 0 aliphatic heterocycles. The van der Waals surface area contributed by atoms with Crippen molar-refractivity contribution < 1.29 is 29.1 Å². The lowest BCUT2D eigenvalue weighted by molar-refractivity contribution is -0.141. The van der Waals surface area contributed by atoms with Crippen molar-refractivity contribution in [1.29, 1.82) is 0 Å². The van der Waals surface area contributed by atoms with Gasteiger partial charge in [0, 0.05) is 6.42 Å². The first-order chi connectivity index (χ1) is 12.0. The van der Waals surface area contributed by atoms with E-state index in [-0.39, 0.29) is 18.8 Å². The summed E-state index contributed by atoms with van der Waals surface area (Å²) in [6.45, 7) is 4.22. The molecular weight excluding hydrogens is 346 g/mol. The Labute approximate surface area is 151 Å². The Balaban J connectivity index is 4.62. The molecule has 3 unspecified atom stereocenters.